The van der Waals surface area contributed by atoms with Crippen LogP contribution in [0.25, 0.3) is 10.2 Å². The number of thiazole rings is 1. The average molecular weight is 214 g/mol. The summed E-state index contributed by atoms with van der Waals surface area (Å²) in [6.07, 6.45) is 0. The second-order valence-electron chi connectivity index (χ2n) is 2.64. The molecule has 0 saturated heterocycles. The maximum absolute atomic E-state index is 5.77. The van der Waals surface area contributed by atoms with Crippen molar-refractivity contribution in [1.82, 2.24) is 4.98 Å². The number of fused-ring (bicyclic) bond motifs is 2. The van der Waals surface area contributed by atoms with Gasteiger partial charge in [0, 0.05) is 12.1 Å². The summed E-state index contributed by atoms with van der Waals surface area (Å²) < 4.78 is 12.0. The largest absolute Gasteiger partial charge is 0.454 e. The lowest BCUT2D eigenvalue weighted by atomic mass is 10.3. The van der Waals surface area contributed by atoms with Crippen molar-refractivity contribution in [3.8, 4) is 11.5 Å². The van der Waals surface area contributed by atoms with Crippen LogP contribution in [0.4, 0.5) is 0 Å². The zero-order chi connectivity index (χ0) is 8.84. The maximum Gasteiger partial charge on any atom is 0.231 e. The van der Waals surface area contributed by atoms with Crippen LogP contribution in [0.3, 0.4) is 0 Å². The molecule has 0 saturated carbocycles. The Morgan fingerprint density at radius 1 is 1.31 bits per heavy atom. The number of nitrogens with zero attached hydrogens (tertiary/aromatic N) is 1. The lowest BCUT2D eigenvalue weighted by molar-refractivity contribution is 0.174. The van der Waals surface area contributed by atoms with Gasteiger partial charge in [-0.2, -0.15) is 0 Å². The van der Waals surface area contributed by atoms with Gasteiger partial charge in [-0.3, -0.25) is 0 Å². The Morgan fingerprint density at radius 2 is 2.08 bits per heavy atom. The Kier molecular flexibility index (Phi) is 1.42. The minimum atomic E-state index is 0.292. The first-order chi connectivity index (χ1) is 6.33. The Bertz CT molecular complexity index is 441. The highest BCUT2D eigenvalue weighted by molar-refractivity contribution is 7.22. The third-order valence-corrected chi connectivity index (χ3v) is 2.98. The van der Waals surface area contributed by atoms with Crippen molar-refractivity contribution in [2.45, 2.75) is 0 Å². The van der Waals surface area contributed by atoms with E-state index in [1.165, 1.54) is 11.3 Å². The molecule has 0 aliphatic carbocycles. The van der Waals surface area contributed by atoms with Crippen LogP contribution in [-0.2, 0) is 0 Å². The van der Waals surface area contributed by atoms with E-state index in [2.05, 4.69) is 4.98 Å². The van der Waals surface area contributed by atoms with Crippen LogP contribution in [0, 0.1) is 0 Å². The SMILES string of the molecule is Clc1nc2cc3c(cc2s1)OCO3. The summed E-state index contributed by atoms with van der Waals surface area (Å²) in [6, 6.07) is 3.75. The molecule has 0 spiro atoms. The van der Waals surface area contributed by atoms with E-state index in [1.54, 1.807) is 0 Å². The number of benzene rings is 1. The van der Waals surface area contributed by atoms with Crippen molar-refractivity contribution in [2.24, 2.45) is 0 Å². The molecule has 0 bridgehead atoms. The van der Waals surface area contributed by atoms with E-state index in [1.807, 2.05) is 12.1 Å². The second kappa shape index (κ2) is 2.49. The number of ether oxygens (including phenoxy) is 2. The molecule has 1 aliphatic rings. The van der Waals surface area contributed by atoms with Crippen LogP contribution in [-0.4, -0.2) is 11.8 Å². The molecule has 5 heteroatoms. The lowest BCUT2D eigenvalue weighted by Crippen LogP contribution is -1.92. The summed E-state index contributed by atoms with van der Waals surface area (Å²) >= 11 is 7.21. The summed E-state index contributed by atoms with van der Waals surface area (Å²) in [6.45, 7) is 0.292. The summed E-state index contributed by atoms with van der Waals surface area (Å²) in [4.78, 5) is 4.14. The van der Waals surface area contributed by atoms with Crippen molar-refractivity contribution >= 4 is 33.2 Å². The van der Waals surface area contributed by atoms with Gasteiger partial charge in [-0.1, -0.05) is 11.6 Å². The molecule has 2 aromatic rings. The lowest BCUT2D eigenvalue weighted by Gasteiger charge is -1.93. The van der Waals surface area contributed by atoms with Gasteiger partial charge in [-0.05, 0) is 0 Å². The van der Waals surface area contributed by atoms with Crippen LogP contribution >= 0.6 is 22.9 Å². The molecular weight excluding hydrogens is 210 g/mol. The van der Waals surface area contributed by atoms with Crippen LogP contribution in [0.15, 0.2) is 12.1 Å². The van der Waals surface area contributed by atoms with Crippen molar-refractivity contribution in [1.29, 1.82) is 0 Å². The molecule has 0 unspecified atom stereocenters. The molecule has 0 radical (unpaired) electrons. The molecule has 66 valence electrons. The molecule has 0 fully saturated rings. The molecular formula is C8H4ClNO2S. The van der Waals surface area contributed by atoms with E-state index in [9.17, 15) is 0 Å². The minimum Gasteiger partial charge on any atom is -0.454 e. The smallest absolute Gasteiger partial charge is 0.231 e. The van der Waals surface area contributed by atoms with Crippen LogP contribution < -0.4 is 9.47 Å². The summed E-state index contributed by atoms with van der Waals surface area (Å²) in [5.41, 5.74) is 0.860. The highest BCUT2D eigenvalue weighted by Crippen LogP contribution is 2.38. The fraction of sp³-hybridized carbons (Fsp3) is 0.125. The number of rotatable bonds is 0. The Morgan fingerprint density at radius 3 is 2.92 bits per heavy atom. The molecule has 0 atom stereocenters. The first-order valence-corrected chi connectivity index (χ1v) is 4.88. The van der Waals surface area contributed by atoms with Gasteiger partial charge in [-0.25, -0.2) is 4.98 Å². The van der Waals surface area contributed by atoms with Crippen molar-refractivity contribution < 1.29 is 9.47 Å². The Hall–Kier alpha value is -1.00. The summed E-state index contributed by atoms with van der Waals surface area (Å²) in [5, 5.41) is 0. The van der Waals surface area contributed by atoms with E-state index in [-0.39, 0.29) is 0 Å². The third kappa shape index (κ3) is 1.06. The zero-order valence-electron chi connectivity index (χ0n) is 6.41. The molecule has 0 amide bonds. The van der Waals surface area contributed by atoms with E-state index < -0.39 is 0 Å². The Labute approximate surface area is 82.9 Å². The summed E-state index contributed by atoms with van der Waals surface area (Å²) in [7, 11) is 0. The topological polar surface area (TPSA) is 31.4 Å². The van der Waals surface area contributed by atoms with Gasteiger partial charge in [0.25, 0.3) is 0 Å². The average Bonchev–Trinajstić information content (AvgIpc) is 2.63. The van der Waals surface area contributed by atoms with Gasteiger partial charge in [-0.15, -0.1) is 11.3 Å². The highest BCUT2D eigenvalue weighted by atomic mass is 35.5. The molecule has 1 aliphatic heterocycles. The first-order valence-electron chi connectivity index (χ1n) is 3.68. The highest BCUT2D eigenvalue weighted by Gasteiger charge is 2.15. The van der Waals surface area contributed by atoms with Crippen LogP contribution in [0.5, 0.6) is 11.5 Å². The predicted octanol–water partition coefficient (Wildman–Crippen LogP) is 2.68. The molecule has 1 aromatic carbocycles. The number of hydrogen-bond acceptors (Lipinski definition) is 4. The van der Waals surface area contributed by atoms with Crippen molar-refractivity contribution in [2.75, 3.05) is 6.79 Å². The van der Waals surface area contributed by atoms with Gasteiger partial charge >= 0.3 is 0 Å². The van der Waals surface area contributed by atoms with Gasteiger partial charge in [0.05, 0.1) is 10.2 Å². The van der Waals surface area contributed by atoms with E-state index in [0.29, 0.717) is 11.3 Å². The predicted molar refractivity (Wildman–Crippen MR) is 50.8 cm³/mol. The van der Waals surface area contributed by atoms with Crippen molar-refractivity contribution in [3.63, 3.8) is 0 Å². The van der Waals surface area contributed by atoms with Gasteiger partial charge in [0.2, 0.25) is 6.79 Å². The second-order valence-corrected chi connectivity index (χ2v) is 4.25. The maximum atomic E-state index is 5.77. The van der Waals surface area contributed by atoms with E-state index in [4.69, 9.17) is 21.1 Å². The molecule has 1 aromatic heterocycles. The van der Waals surface area contributed by atoms with Gasteiger partial charge < -0.3 is 9.47 Å². The fourth-order valence-electron chi connectivity index (χ4n) is 1.29. The minimum absolute atomic E-state index is 0.292. The van der Waals surface area contributed by atoms with E-state index in [0.717, 1.165) is 21.7 Å². The quantitative estimate of drug-likeness (QED) is 0.674. The van der Waals surface area contributed by atoms with E-state index >= 15 is 0 Å². The molecule has 13 heavy (non-hydrogen) atoms. The number of aromatic nitrogens is 1. The Balaban J connectivity index is 2.35. The number of halogens is 1. The van der Waals surface area contributed by atoms with Crippen LogP contribution in [0.2, 0.25) is 4.47 Å². The normalized spacial score (nSPS) is 13.9. The standard InChI is InChI=1S/C8H4ClNO2S/c9-8-10-4-1-5-6(12-3-11-5)2-7(4)13-8/h1-2H,3H2. The zero-order valence-corrected chi connectivity index (χ0v) is 7.98. The van der Waals surface area contributed by atoms with Gasteiger partial charge in [0.15, 0.2) is 16.0 Å². The number of hydrogen-bond donors (Lipinski definition) is 0. The molecule has 2 heterocycles. The molecule has 3 rings (SSSR count). The van der Waals surface area contributed by atoms with Gasteiger partial charge in [0.1, 0.15) is 0 Å². The monoisotopic (exact) mass is 213 g/mol. The third-order valence-electron chi connectivity index (χ3n) is 1.86. The first kappa shape index (κ1) is 7.41. The fourth-order valence-corrected chi connectivity index (χ4v) is 2.33. The summed E-state index contributed by atoms with van der Waals surface area (Å²) in [5.74, 6) is 1.52. The molecule has 0 N–H and O–H groups in total. The van der Waals surface area contributed by atoms with Crippen molar-refractivity contribution in [3.05, 3.63) is 16.6 Å². The van der Waals surface area contributed by atoms with Crippen LogP contribution in [0.1, 0.15) is 0 Å². The molecule has 3 nitrogen and oxygen atoms in total.